The number of likely N-dealkylation sites (tertiary alicyclic amines) is 1. The lowest BCUT2D eigenvalue weighted by atomic mass is 9.83. The summed E-state index contributed by atoms with van der Waals surface area (Å²) in [4.78, 5) is 29.6. The highest BCUT2D eigenvalue weighted by Gasteiger charge is 2.35. The number of likely N-dealkylation sites (N-methyl/N-ethyl adjacent to an activating group) is 1. The molecule has 2 aromatic heterocycles. The summed E-state index contributed by atoms with van der Waals surface area (Å²) in [6, 6.07) is 5.97. The number of primary amides is 1. The van der Waals surface area contributed by atoms with Crippen LogP contribution in [0.4, 0.5) is 0 Å². The van der Waals surface area contributed by atoms with E-state index in [1.807, 2.05) is 22.1 Å². The Hall–Kier alpha value is -1.67. The van der Waals surface area contributed by atoms with Gasteiger partial charge in [0, 0.05) is 54.8 Å². The van der Waals surface area contributed by atoms with E-state index in [-0.39, 0.29) is 18.0 Å². The fourth-order valence-electron chi connectivity index (χ4n) is 4.59. The number of aromatic nitrogens is 1. The number of carbonyl (C=O) groups excluding carboxylic acids is 1. The van der Waals surface area contributed by atoms with Crippen LogP contribution >= 0.6 is 22.9 Å². The first kappa shape index (κ1) is 19.6. The van der Waals surface area contributed by atoms with E-state index in [2.05, 4.69) is 11.0 Å². The van der Waals surface area contributed by atoms with Gasteiger partial charge in [-0.1, -0.05) is 17.7 Å². The van der Waals surface area contributed by atoms with Crippen LogP contribution in [0.5, 0.6) is 0 Å². The molecule has 8 heteroatoms. The highest BCUT2D eigenvalue weighted by atomic mass is 35.5. The second kappa shape index (κ2) is 7.99. The van der Waals surface area contributed by atoms with Crippen molar-refractivity contribution in [1.29, 1.82) is 0 Å². The lowest BCUT2D eigenvalue weighted by Crippen LogP contribution is -2.47. The highest BCUT2D eigenvalue weighted by Crippen LogP contribution is 2.36. The van der Waals surface area contributed by atoms with Gasteiger partial charge in [0.25, 0.3) is 5.56 Å². The molecule has 4 rings (SSSR count). The average molecular weight is 421 g/mol. The molecule has 2 atom stereocenters. The van der Waals surface area contributed by atoms with Crippen LogP contribution in [0.2, 0.25) is 5.02 Å². The Bertz CT molecular complexity index is 941. The summed E-state index contributed by atoms with van der Waals surface area (Å²) < 4.78 is 1.96. The number of nitrogens with zero attached hydrogens (tertiary/aromatic N) is 3. The van der Waals surface area contributed by atoms with Crippen LogP contribution < -0.4 is 11.3 Å². The van der Waals surface area contributed by atoms with Crippen molar-refractivity contribution < 1.29 is 4.79 Å². The largest absolute Gasteiger partial charge is 0.369 e. The number of piperidine rings is 1. The molecule has 0 aliphatic carbocycles. The van der Waals surface area contributed by atoms with Crippen LogP contribution in [0.3, 0.4) is 0 Å². The molecule has 150 valence electrons. The monoisotopic (exact) mass is 420 g/mol. The molecule has 2 aliphatic heterocycles. The number of thiophene rings is 1. The van der Waals surface area contributed by atoms with Gasteiger partial charge in [0.05, 0.1) is 11.6 Å². The lowest BCUT2D eigenvalue weighted by molar-refractivity contribution is -0.118. The first-order valence-corrected chi connectivity index (χ1v) is 10.8. The number of halogens is 1. The summed E-state index contributed by atoms with van der Waals surface area (Å²) in [5.74, 6) is 0.457. The fourth-order valence-corrected chi connectivity index (χ4v) is 5.73. The lowest BCUT2D eigenvalue weighted by Gasteiger charge is -2.43. The number of carbonyl (C=O) groups is 1. The molecule has 0 spiro atoms. The Balaban J connectivity index is 1.52. The Labute approximate surface area is 173 Å². The maximum atomic E-state index is 13.0. The molecule has 4 heterocycles. The first-order chi connectivity index (χ1) is 13.4. The zero-order valence-electron chi connectivity index (χ0n) is 15.9. The van der Waals surface area contributed by atoms with Crippen molar-refractivity contribution in [2.24, 2.45) is 11.7 Å². The second-order valence-electron chi connectivity index (χ2n) is 8.02. The van der Waals surface area contributed by atoms with Crippen molar-refractivity contribution >= 4 is 28.8 Å². The topological polar surface area (TPSA) is 71.6 Å². The third kappa shape index (κ3) is 4.03. The molecule has 1 fully saturated rings. The smallest absolute Gasteiger partial charge is 0.255 e. The first-order valence-electron chi connectivity index (χ1n) is 9.54. The molecule has 2 bridgehead atoms. The second-order valence-corrected chi connectivity index (χ2v) is 9.43. The predicted molar refractivity (Wildman–Crippen MR) is 112 cm³/mol. The zero-order chi connectivity index (χ0) is 19.8. The van der Waals surface area contributed by atoms with Gasteiger partial charge in [-0.2, -0.15) is 0 Å². The molecule has 6 nitrogen and oxygen atoms in total. The molecule has 1 amide bonds. The van der Waals surface area contributed by atoms with Crippen molar-refractivity contribution in [3.05, 3.63) is 55.1 Å². The summed E-state index contributed by atoms with van der Waals surface area (Å²) in [7, 11) is 1.80. The quantitative estimate of drug-likeness (QED) is 0.776. The number of amides is 1. The molecule has 1 saturated heterocycles. The van der Waals surface area contributed by atoms with E-state index in [4.69, 9.17) is 17.3 Å². The van der Waals surface area contributed by atoms with E-state index < -0.39 is 0 Å². The van der Waals surface area contributed by atoms with Crippen LogP contribution in [0.25, 0.3) is 0 Å². The minimum Gasteiger partial charge on any atom is -0.369 e. The van der Waals surface area contributed by atoms with Crippen LogP contribution in [-0.2, 0) is 24.4 Å². The Morgan fingerprint density at radius 2 is 2.14 bits per heavy atom. The third-order valence-corrected chi connectivity index (χ3v) is 7.05. The number of rotatable bonds is 6. The number of pyridine rings is 1. The van der Waals surface area contributed by atoms with Crippen molar-refractivity contribution in [2.75, 3.05) is 26.7 Å². The molecule has 0 aromatic carbocycles. The van der Waals surface area contributed by atoms with Crippen LogP contribution in [-0.4, -0.2) is 47.0 Å². The summed E-state index contributed by atoms with van der Waals surface area (Å²) >= 11 is 7.98. The molecule has 0 saturated carbocycles. The molecule has 2 aromatic rings. The standard InChI is InChI=1S/C20H25ClN4O2S/c1-23(12-19(22)26)9-14-2-3-17-15-6-13(8-25(17)20(14)27)7-24(10-15)11-18-16(21)4-5-28-18/h2-5,13,15H,6-12H2,1H3,(H2,22,26)/t13-,15+/m0/s1. The normalized spacial score (nSPS) is 21.7. The van der Waals surface area contributed by atoms with E-state index in [1.165, 1.54) is 4.88 Å². The summed E-state index contributed by atoms with van der Waals surface area (Å²) in [5, 5.41) is 2.88. The van der Waals surface area contributed by atoms with Gasteiger partial charge in [-0.3, -0.25) is 19.4 Å². The summed E-state index contributed by atoms with van der Waals surface area (Å²) in [5.41, 5.74) is 7.17. The molecule has 2 N–H and O–H groups in total. The molecule has 2 aliphatic rings. The molecule has 28 heavy (non-hydrogen) atoms. The summed E-state index contributed by atoms with van der Waals surface area (Å²) in [6.45, 7) is 4.15. The Morgan fingerprint density at radius 1 is 1.32 bits per heavy atom. The van der Waals surface area contributed by atoms with Crippen LogP contribution in [0.15, 0.2) is 28.4 Å². The van der Waals surface area contributed by atoms with E-state index >= 15 is 0 Å². The van der Waals surface area contributed by atoms with Gasteiger partial charge in [0.15, 0.2) is 0 Å². The van der Waals surface area contributed by atoms with E-state index in [1.54, 1.807) is 23.3 Å². The minimum atomic E-state index is -0.388. The maximum Gasteiger partial charge on any atom is 0.255 e. The van der Waals surface area contributed by atoms with Crippen molar-refractivity contribution in [2.45, 2.75) is 32.0 Å². The molecular formula is C20H25ClN4O2S. The van der Waals surface area contributed by atoms with Gasteiger partial charge in [-0.25, -0.2) is 0 Å². The van der Waals surface area contributed by atoms with Gasteiger partial charge in [0.1, 0.15) is 0 Å². The predicted octanol–water partition coefficient (Wildman–Crippen LogP) is 2.10. The number of hydrogen-bond acceptors (Lipinski definition) is 5. The zero-order valence-corrected chi connectivity index (χ0v) is 17.5. The van der Waals surface area contributed by atoms with E-state index in [0.29, 0.717) is 18.4 Å². The van der Waals surface area contributed by atoms with Gasteiger partial charge >= 0.3 is 0 Å². The molecule has 0 unspecified atom stereocenters. The highest BCUT2D eigenvalue weighted by molar-refractivity contribution is 7.10. The number of hydrogen-bond donors (Lipinski definition) is 1. The molecular weight excluding hydrogens is 396 g/mol. The van der Waals surface area contributed by atoms with E-state index in [0.717, 1.165) is 48.9 Å². The number of fused-ring (bicyclic) bond motifs is 4. The molecule has 0 radical (unpaired) electrons. The summed E-state index contributed by atoms with van der Waals surface area (Å²) in [6.07, 6.45) is 1.13. The minimum absolute atomic E-state index is 0.0678. The van der Waals surface area contributed by atoms with Gasteiger partial charge in [-0.15, -0.1) is 11.3 Å². The Kier molecular flexibility index (Phi) is 5.60. The number of nitrogens with two attached hydrogens (primary N) is 1. The van der Waals surface area contributed by atoms with Crippen LogP contribution in [0, 0.1) is 5.92 Å². The van der Waals surface area contributed by atoms with Crippen molar-refractivity contribution in [3.63, 3.8) is 0 Å². The van der Waals surface area contributed by atoms with Crippen LogP contribution in [0.1, 0.15) is 28.5 Å². The van der Waals surface area contributed by atoms with Gasteiger partial charge < -0.3 is 10.3 Å². The van der Waals surface area contributed by atoms with Gasteiger partial charge in [0.2, 0.25) is 5.91 Å². The fraction of sp³-hybridized carbons (Fsp3) is 0.500. The van der Waals surface area contributed by atoms with Crippen molar-refractivity contribution in [3.8, 4) is 0 Å². The third-order valence-electron chi connectivity index (χ3n) is 5.68. The maximum absolute atomic E-state index is 13.0. The van der Waals surface area contributed by atoms with Gasteiger partial charge in [-0.05, 0) is 36.9 Å². The average Bonchev–Trinajstić information content (AvgIpc) is 3.02. The van der Waals surface area contributed by atoms with E-state index in [9.17, 15) is 9.59 Å². The van der Waals surface area contributed by atoms with Crippen molar-refractivity contribution in [1.82, 2.24) is 14.4 Å². The Morgan fingerprint density at radius 3 is 2.86 bits per heavy atom. The SMILES string of the molecule is CN(CC(N)=O)Cc1ccc2n(c1=O)C[C@H]1C[C@@H]2CN(Cc2sccc2Cl)C1.